The van der Waals surface area contributed by atoms with Crippen molar-refractivity contribution in [3.63, 3.8) is 0 Å². The summed E-state index contributed by atoms with van der Waals surface area (Å²) in [5, 5.41) is 21.5. The number of nitriles is 1. The molecule has 8 heteroatoms. The van der Waals surface area contributed by atoms with Crippen LogP contribution in [0, 0.1) is 39.0 Å². The number of anilines is 1. The van der Waals surface area contributed by atoms with Gasteiger partial charge in [0.05, 0.1) is 17.1 Å². The van der Waals surface area contributed by atoms with Crippen LogP contribution in [0.25, 0.3) is 0 Å². The topological polar surface area (TPSA) is 96.0 Å². The molecule has 0 aliphatic carbocycles. The molecule has 0 saturated heterocycles. The molecule has 1 N–H and O–H groups in total. The van der Waals surface area contributed by atoms with Gasteiger partial charge in [-0.1, -0.05) is 13.3 Å². The molecule has 0 aromatic heterocycles. The number of benzene rings is 1. The molecule has 106 valence electrons. The van der Waals surface area contributed by atoms with E-state index < -0.39 is 39.8 Å². The maximum atomic E-state index is 13.5. The summed E-state index contributed by atoms with van der Waals surface area (Å²) in [6.07, 6.45) is 0.776. The highest BCUT2D eigenvalue weighted by molar-refractivity contribution is 5.96. The van der Waals surface area contributed by atoms with Crippen molar-refractivity contribution in [3.05, 3.63) is 33.9 Å². The molecule has 1 aromatic carbocycles. The summed E-state index contributed by atoms with van der Waals surface area (Å²) in [6, 6.07) is 2.64. The second-order valence-corrected chi connectivity index (χ2v) is 4.00. The molecular formula is C12H11F2N3O3. The summed E-state index contributed by atoms with van der Waals surface area (Å²) < 4.78 is 26.5. The summed E-state index contributed by atoms with van der Waals surface area (Å²) in [6.45, 7) is 1.75. The Hall–Kier alpha value is -2.56. The molecular weight excluding hydrogens is 272 g/mol. The number of rotatable bonds is 5. The van der Waals surface area contributed by atoms with E-state index in [-0.39, 0.29) is 6.42 Å². The molecule has 0 spiro atoms. The Labute approximate surface area is 113 Å². The van der Waals surface area contributed by atoms with Gasteiger partial charge < -0.3 is 5.32 Å². The summed E-state index contributed by atoms with van der Waals surface area (Å²) in [5.41, 5.74) is -1.64. The number of carbonyl (C=O) groups is 1. The van der Waals surface area contributed by atoms with Gasteiger partial charge in [-0.2, -0.15) is 5.26 Å². The molecule has 0 aliphatic heterocycles. The van der Waals surface area contributed by atoms with Crippen LogP contribution in [-0.2, 0) is 4.79 Å². The van der Waals surface area contributed by atoms with Gasteiger partial charge in [0.2, 0.25) is 5.91 Å². The van der Waals surface area contributed by atoms with Crippen LogP contribution >= 0.6 is 0 Å². The molecule has 6 nitrogen and oxygen atoms in total. The standard InChI is InChI=1S/C12H11F2N3O3/c1-2-3-7(6-15)12(18)16-11-9(14)4-8(13)5-10(11)17(19)20/h4-5,7H,2-3H2,1H3,(H,16,18). The monoisotopic (exact) mass is 283 g/mol. The first kappa shape index (κ1) is 15.5. The minimum absolute atomic E-state index is 0.235. The Kier molecular flexibility index (Phi) is 5.08. The fourth-order valence-corrected chi connectivity index (χ4v) is 1.58. The molecule has 1 unspecified atom stereocenters. The average Bonchev–Trinajstić information content (AvgIpc) is 2.38. The highest BCUT2D eigenvalue weighted by Gasteiger charge is 2.25. The van der Waals surface area contributed by atoms with Crippen molar-refractivity contribution < 1.29 is 18.5 Å². The Bertz CT molecular complexity index is 584. The SMILES string of the molecule is CCCC(C#N)C(=O)Nc1c(F)cc(F)cc1[N+](=O)[O-]. The second kappa shape index (κ2) is 6.56. The van der Waals surface area contributed by atoms with Crippen molar-refractivity contribution >= 4 is 17.3 Å². The normalized spacial score (nSPS) is 11.5. The lowest BCUT2D eigenvalue weighted by atomic mass is 10.0. The zero-order valence-electron chi connectivity index (χ0n) is 10.5. The maximum absolute atomic E-state index is 13.5. The molecule has 1 atom stereocenters. The third kappa shape index (κ3) is 3.47. The number of halogens is 2. The number of hydrogen-bond donors (Lipinski definition) is 1. The Morgan fingerprint density at radius 2 is 2.20 bits per heavy atom. The van der Waals surface area contributed by atoms with Crippen LogP contribution in [0.5, 0.6) is 0 Å². The Morgan fingerprint density at radius 3 is 2.70 bits per heavy atom. The van der Waals surface area contributed by atoms with Gasteiger partial charge >= 0.3 is 0 Å². The van der Waals surface area contributed by atoms with Crippen LogP contribution in [-0.4, -0.2) is 10.8 Å². The van der Waals surface area contributed by atoms with Gasteiger partial charge in [0.25, 0.3) is 5.69 Å². The van der Waals surface area contributed by atoms with Crippen molar-refractivity contribution in [2.75, 3.05) is 5.32 Å². The smallest absolute Gasteiger partial charge is 0.298 e. The van der Waals surface area contributed by atoms with Crippen LogP contribution in [0.2, 0.25) is 0 Å². The fourth-order valence-electron chi connectivity index (χ4n) is 1.58. The molecule has 0 heterocycles. The first-order valence-electron chi connectivity index (χ1n) is 5.74. The maximum Gasteiger partial charge on any atom is 0.298 e. The number of nitro benzene ring substituents is 1. The molecule has 20 heavy (non-hydrogen) atoms. The minimum atomic E-state index is -1.27. The van der Waals surface area contributed by atoms with Crippen LogP contribution in [0.1, 0.15) is 19.8 Å². The van der Waals surface area contributed by atoms with Crippen LogP contribution in [0.4, 0.5) is 20.2 Å². The zero-order valence-corrected chi connectivity index (χ0v) is 10.5. The van der Waals surface area contributed by atoms with E-state index in [1.165, 1.54) is 0 Å². The first-order valence-corrected chi connectivity index (χ1v) is 5.74. The van der Waals surface area contributed by atoms with Crippen molar-refractivity contribution in [3.8, 4) is 6.07 Å². The molecule has 0 aliphatic rings. The number of carbonyl (C=O) groups excluding carboxylic acids is 1. The van der Waals surface area contributed by atoms with E-state index in [9.17, 15) is 23.7 Å². The van der Waals surface area contributed by atoms with Gasteiger partial charge in [-0.15, -0.1) is 0 Å². The summed E-state index contributed by atoms with van der Waals surface area (Å²) in [7, 11) is 0. The predicted molar refractivity (Wildman–Crippen MR) is 65.7 cm³/mol. The number of nitrogens with one attached hydrogen (secondary N) is 1. The Balaban J connectivity index is 3.12. The summed E-state index contributed by atoms with van der Waals surface area (Å²) in [4.78, 5) is 21.4. The van der Waals surface area contributed by atoms with E-state index >= 15 is 0 Å². The van der Waals surface area contributed by atoms with Crippen LogP contribution in [0.15, 0.2) is 12.1 Å². The Morgan fingerprint density at radius 1 is 1.55 bits per heavy atom. The first-order chi connectivity index (χ1) is 9.40. The molecule has 1 rings (SSSR count). The lowest BCUT2D eigenvalue weighted by Gasteiger charge is -2.10. The predicted octanol–water partition coefficient (Wildman–Crippen LogP) is 2.75. The molecule has 1 amide bonds. The van der Waals surface area contributed by atoms with Crippen LogP contribution in [0.3, 0.4) is 0 Å². The van der Waals surface area contributed by atoms with Gasteiger partial charge in [-0.05, 0) is 6.42 Å². The largest absolute Gasteiger partial charge is 0.317 e. The minimum Gasteiger partial charge on any atom is -0.317 e. The lowest BCUT2D eigenvalue weighted by molar-refractivity contribution is -0.384. The van der Waals surface area contributed by atoms with Gasteiger partial charge in [0.1, 0.15) is 11.7 Å². The van der Waals surface area contributed by atoms with E-state index in [0.717, 1.165) is 0 Å². The highest BCUT2D eigenvalue weighted by Crippen LogP contribution is 2.29. The summed E-state index contributed by atoms with van der Waals surface area (Å²) in [5.74, 6) is -4.30. The molecule has 1 aromatic rings. The number of nitro groups is 1. The number of nitrogens with zero attached hydrogens (tertiary/aromatic N) is 2. The van der Waals surface area contributed by atoms with E-state index in [1.807, 2.05) is 5.32 Å². The molecule has 0 bridgehead atoms. The molecule has 0 fully saturated rings. The number of hydrogen-bond acceptors (Lipinski definition) is 4. The second-order valence-electron chi connectivity index (χ2n) is 4.00. The third-order valence-electron chi connectivity index (χ3n) is 2.53. The fraction of sp³-hybridized carbons (Fsp3) is 0.333. The van der Waals surface area contributed by atoms with E-state index in [4.69, 9.17) is 5.26 Å². The highest BCUT2D eigenvalue weighted by atomic mass is 19.1. The van der Waals surface area contributed by atoms with Gasteiger partial charge in [0, 0.05) is 6.07 Å². The van der Waals surface area contributed by atoms with E-state index in [0.29, 0.717) is 18.6 Å². The lowest BCUT2D eigenvalue weighted by Crippen LogP contribution is -2.22. The van der Waals surface area contributed by atoms with Gasteiger partial charge in [-0.25, -0.2) is 8.78 Å². The van der Waals surface area contributed by atoms with Crippen molar-refractivity contribution in [1.82, 2.24) is 0 Å². The third-order valence-corrected chi connectivity index (χ3v) is 2.53. The van der Waals surface area contributed by atoms with Crippen molar-refractivity contribution in [2.24, 2.45) is 5.92 Å². The zero-order chi connectivity index (χ0) is 15.3. The number of amides is 1. The summed E-state index contributed by atoms with van der Waals surface area (Å²) >= 11 is 0. The van der Waals surface area contributed by atoms with E-state index in [2.05, 4.69) is 0 Å². The van der Waals surface area contributed by atoms with Gasteiger partial charge in [0.15, 0.2) is 11.5 Å². The average molecular weight is 283 g/mol. The van der Waals surface area contributed by atoms with Crippen LogP contribution < -0.4 is 5.32 Å². The van der Waals surface area contributed by atoms with Crippen molar-refractivity contribution in [1.29, 1.82) is 5.26 Å². The molecule has 0 saturated carbocycles. The molecule has 0 radical (unpaired) electrons. The van der Waals surface area contributed by atoms with Crippen molar-refractivity contribution in [2.45, 2.75) is 19.8 Å². The van der Waals surface area contributed by atoms with Gasteiger partial charge in [-0.3, -0.25) is 14.9 Å². The quantitative estimate of drug-likeness (QED) is 0.663. The van der Waals surface area contributed by atoms with E-state index in [1.54, 1.807) is 13.0 Å².